The maximum Gasteiger partial charge on any atom is 0.247 e. The van der Waals surface area contributed by atoms with Crippen molar-refractivity contribution in [1.29, 1.82) is 5.26 Å². The highest BCUT2D eigenvalue weighted by Gasteiger charge is 2.33. The number of aromatic nitrogens is 1. The van der Waals surface area contributed by atoms with Crippen LogP contribution in [0.5, 0.6) is 0 Å². The molecule has 1 N–H and O–H groups in total. The van der Waals surface area contributed by atoms with E-state index < -0.39 is 5.92 Å². The number of nitrogens with one attached hydrogen (secondary N) is 1. The van der Waals surface area contributed by atoms with Crippen LogP contribution in [0.1, 0.15) is 47.3 Å². The Balaban J connectivity index is 1.66. The zero-order valence-electron chi connectivity index (χ0n) is 14.2. The van der Waals surface area contributed by atoms with Crippen molar-refractivity contribution in [2.24, 2.45) is 5.92 Å². The number of carbonyl (C=O) groups is 2. The third-order valence-electron chi connectivity index (χ3n) is 5.44. The van der Waals surface area contributed by atoms with Crippen molar-refractivity contribution < 1.29 is 9.59 Å². The van der Waals surface area contributed by atoms with Gasteiger partial charge in [0.2, 0.25) is 5.91 Å². The average molecular weight is 335 g/mol. The molecule has 1 fully saturated rings. The molecule has 1 aliphatic heterocycles. The van der Waals surface area contributed by atoms with Crippen LogP contribution in [0, 0.1) is 17.2 Å². The van der Waals surface area contributed by atoms with E-state index in [1.54, 1.807) is 11.0 Å². The van der Waals surface area contributed by atoms with Crippen LogP contribution in [0.4, 0.5) is 0 Å². The lowest BCUT2D eigenvalue weighted by molar-refractivity contribution is -0.131. The number of amides is 1. The molecule has 5 heteroatoms. The van der Waals surface area contributed by atoms with Gasteiger partial charge >= 0.3 is 0 Å². The maximum absolute atomic E-state index is 12.8. The molecule has 0 radical (unpaired) electrons. The molecule has 0 spiro atoms. The van der Waals surface area contributed by atoms with E-state index in [1.165, 1.54) is 17.7 Å². The molecular weight excluding hydrogens is 314 g/mol. The topological polar surface area (TPSA) is 77.0 Å². The first-order valence-corrected chi connectivity index (χ1v) is 9.05. The van der Waals surface area contributed by atoms with Gasteiger partial charge in [0.15, 0.2) is 11.7 Å². The van der Waals surface area contributed by atoms with E-state index >= 15 is 0 Å². The Morgan fingerprint density at radius 3 is 2.64 bits per heavy atom. The van der Waals surface area contributed by atoms with Crippen molar-refractivity contribution >= 4 is 22.6 Å². The summed E-state index contributed by atoms with van der Waals surface area (Å²) < 4.78 is 0. The molecule has 4 rings (SSSR count). The third kappa shape index (κ3) is 2.72. The fourth-order valence-electron chi connectivity index (χ4n) is 4.07. The Bertz CT molecular complexity index is 884. The lowest BCUT2D eigenvalue weighted by Gasteiger charge is -2.18. The first-order valence-electron chi connectivity index (χ1n) is 9.05. The zero-order chi connectivity index (χ0) is 17.4. The van der Waals surface area contributed by atoms with E-state index in [9.17, 15) is 14.9 Å². The third-order valence-corrected chi connectivity index (χ3v) is 5.44. The number of nitrogens with zero attached hydrogens (tertiary/aromatic N) is 2. The number of likely N-dealkylation sites (tertiary alicyclic amines) is 1. The Morgan fingerprint density at radius 2 is 1.88 bits per heavy atom. The molecule has 1 aromatic carbocycles. The second-order valence-electron chi connectivity index (χ2n) is 7.01. The van der Waals surface area contributed by atoms with Crippen LogP contribution in [-0.4, -0.2) is 34.7 Å². The first-order chi connectivity index (χ1) is 12.2. The first kappa shape index (κ1) is 15.9. The Morgan fingerprint density at radius 1 is 1.12 bits per heavy atom. The van der Waals surface area contributed by atoms with Gasteiger partial charge in [-0.3, -0.25) is 9.59 Å². The van der Waals surface area contributed by atoms with E-state index in [0.717, 1.165) is 43.0 Å². The van der Waals surface area contributed by atoms with Gasteiger partial charge in [-0.25, -0.2) is 0 Å². The minimum Gasteiger partial charge on any atom is -0.358 e. The van der Waals surface area contributed by atoms with Crippen molar-refractivity contribution in [3.8, 4) is 6.07 Å². The summed E-state index contributed by atoms with van der Waals surface area (Å²) in [7, 11) is 0. The van der Waals surface area contributed by atoms with Crippen LogP contribution in [0.2, 0.25) is 0 Å². The fraction of sp³-hybridized carbons (Fsp3) is 0.450. The molecule has 5 nitrogen and oxygen atoms in total. The molecule has 1 amide bonds. The summed E-state index contributed by atoms with van der Waals surface area (Å²) in [5.41, 5.74) is 4.04. The molecular formula is C20H21N3O2. The largest absolute Gasteiger partial charge is 0.358 e. The quantitative estimate of drug-likeness (QED) is 0.692. The molecule has 1 aromatic heterocycles. The van der Waals surface area contributed by atoms with E-state index in [0.29, 0.717) is 18.7 Å². The summed E-state index contributed by atoms with van der Waals surface area (Å²) in [6.45, 7) is 1.29. The molecule has 25 heavy (non-hydrogen) atoms. The van der Waals surface area contributed by atoms with Crippen molar-refractivity contribution in [3.05, 3.63) is 35.0 Å². The van der Waals surface area contributed by atoms with Gasteiger partial charge in [0.05, 0.1) is 6.07 Å². The van der Waals surface area contributed by atoms with Crippen molar-refractivity contribution in [1.82, 2.24) is 9.88 Å². The summed E-state index contributed by atoms with van der Waals surface area (Å²) >= 11 is 0. The Labute approximate surface area is 146 Å². The van der Waals surface area contributed by atoms with Crippen LogP contribution < -0.4 is 0 Å². The molecule has 2 aromatic rings. The molecule has 2 heterocycles. The molecule has 0 saturated carbocycles. The predicted molar refractivity (Wildman–Crippen MR) is 94.2 cm³/mol. The summed E-state index contributed by atoms with van der Waals surface area (Å²) in [6.07, 6.45) is 6.29. The van der Waals surface area contributed by atoms with E-state index in [-0.39, 0.29) is 11.7 Å². The van der Waals surface area contributed by atoms with Crippen molar-refractivity contribution in [2.45, 2.75) is 38.5 Å². The van der Waals surface area contributed by atoms with E-state index in [2.05, 4.69) is 4.98 Å². The van der Waals surface area contributed by atoms with E-state index in [4.69, 9.17) is 0 Å². The summed E-state index contributed by atoms with van der Waals surface area (Å²) in [4.78, 5) is 30.4. The summed E-state index contributed by atoms with van der Waals surface area (Å²) in [6, 6.07) is 7.42. The second kappa shape index (κ2) is 6.36. The normalized spacial score (nSPS) is 18.0. The number of ketones is 1. The van der Waals surface area contributed by atoms with Gasteiger partial charge in [-0.05, 0) is 62.3 Å². The summed E-state index contributed by atoms with van der Waals surface area (Å²) in [5.74, 6) is -1.96. The lowest BCUT2D eigenvalue weighted by Crippen LogP contribution is -2.37. The van der Waals surface area contributed by atoms with Crippen molar-refractivity contribution in [3.63, 3.8) is 0 Å². The van der Waals surface area contributed by atoms with Crippen LogP contribution in [0.25, 0.3) is 10.9 Å². The molecule has 1 aliphatic carbocycles. The number of aromatic amines is 1. The SMILES string of the molecule is N#CC(C(=O)c1ccc2[nH]c3c(c2c1)CCCC3)C(=O)N1CCCC1. The number of nitriles is 1. The van der Waals surface area contributed by atoms with Gasteiger partial charge in [-0.2, -0.15) is 5.26 Å². The number of aryl methyl sites for hydroxylation is 2. The van der Waals surface area contributed by atoms with Crippen molar-refractivity contribution in [2.75, 3.05) is 13.1 Å². The molecule has 0 bridgehead atoms. The monoisotopic (exact) mass is 335 g/mol. The zero-order valence-corrected chi connectivity index (χ0v) is 14.2. The standard InChI is InChI=1S/C20H21N3O2/c21-12-16(20(25)23-9-3-4-10-23)19(24)13-7-8-18-15(11-13)14-5-1-2-6-17(14)22-18/h7-8,11,16,22H,1-6,9-10H2. The minimum atomic E-state index is -1.23. The minimum absolute atomic E-state index is 0.346. The maximum atomic E-state index is 12.8. The van der Waals surface area contributed by atoms with Crippen LogP contribution in [-0.2, 0) is 17.6 Å². The number of carbonyl (C=O) groups excluding carboxylic acids is 2. The number of Topliss-reactive ketones (excluding diaryl/α,β-unsaturated/α-hetero) is 1. The predicted octanol–water partition coefficient (Wildman–Crippen LogP) is 2.99. The molecule has 128 valence electrons. The highest BCUT2D eigenvalue weighted by atomic mass is 16.2. The molecule has 1 unspecified atom stereocenters. The number of hydrogen-bond acceptors (Lipinski definition) is 3. The second-order valence-corrected chi connectivity index (χ2v) is 7.01. The van der Waals surface area contributed by atoms with Gasteiger partial charge in [-0.1, -0.05) is 0 Å². The number of fused-ring (bicyclic) bond motifs is 3. The molecule has 1 atom stereocenters. The smallest absolute Gasteiger partial charge is 0.247 e. The highest BCUT2D eigenvalue weighted by Crippen LogP contribution is 2.30. The lowest BCUT2D eigenvalue weighted by atomic mass is 9.93. The average Bonchev–Trinajstić information content (AvgIpc) is 3.29. The Kier molecular flexibility index (Phi) is 4.04. The van der Waals surface area contributed by atoms with E-state index in [1.807, 2.05) is 18.2 Å². The molecule has 1 saturated heterocycles. The van der Waals surface area contributed by atoms with Gasteiger partial charge in [-0.15, -0.1) is 0 Å². The van der Waals surface area contributed by atoms with Gasteiger partial charge in [0.25, 0.3) is 0 Å². The van der Waals surface area contributed by atoms with Crippen LogP contribution >= 0.6 is 0 Å². The Hall–Kier alpha value is -2.61. The molecule has 2 aliphatic rings. The van der Waals surface area contributed by atoms with Crippen LogP contribution in [0.15, 0.2) is 18.2 Å². The van der Waals surface area contributed by atoms with Gasteiger partial charge in [0, 0.05) is 35.2 Å². The number of rotatable bonds is 3. The number of H-pyrrole nitrogens is 1. The van der Waals surface area contributed by atoms with Crippen LogP contribution in [0.3, 0.4) is 0 Å². The highest BCUT2D eigenvalue weighted by molar-refractivity contribution is 6.13. The fourth-order valence-corrected chi connectivity index (χ4v) is 4.07. The van der Waals surface area contributed by atoms with Gasteiger partial charge < -0.3 is 9.88 Å². The number of benzene rings is 1. The summed E-state index contributed by atoms with van der Waals surface area (Å²) in [5, 5.41) is 10.5. The number of hydrogen-bond donors (Lipinski definition) is 1. The van der Waals surface area contributed by atoms with Gasteiger partial charge in [0.1, 0.15) is 0 Å².